The van der Waals surface area contributed by atoms with Crippen LogP contribution in [-0.2, 0) is 16.1 Å². The molecule has 0 atom stereocenters. The Labute approximate surface area is 134 Å². The number of amides is 1. The normalized spacial score (nSPS) is 12.9. The van der Waals surface area contributed by atoms with Crippen molar-refractivity contribution in [3.8, 4) is 5.75 Å². The van der Waals surface area contributed by atoms with Crippen LogP contribution in [0.15, 0.2) is 48.5 Å². The van der Waals surface area contributed by atoms with E-state index >= 15 is 0 Å². The summed E-state index contributed by atoms with van der Waals surface area (Å²) in [6, 6.07) is 14.8. The zero-order chi connectivity index (χ0) is 16.2. The molecule has 5 nitrogen and oxygen atoms in total. The highest BCUT2D eigenvalue weighted by Gasteiger charge is 2.30. The molecular weight excluding hydrogens is 294 g/mol. The van der Waals surface area contributed by atoms with Crippen LogP contribution in [0.5, 0.6) is 5.75 Å². The highest BCUT2D eigenvalue weighted by atomic mass is 16.6. The molecular formula is C18H17NO4. The van der Waals surface area contributed by atoms with Gasteiger partial charge in [0.15, 0.2) is 6.61 Å². The molecule has 1 aliphatic rings. The van der Waals surface area contributed by atoms with Crippen LogP contribution in [0.2, 0.25) is 0 Å². The maximum atomic E-state index is 12.6. The summed E-state index contributed by atoms with van der Waals surface area (Å²) >= 11 is 0. The molecule has 0 radical (unpaired) electrons. The molecule has 2 aromatic carbocycles. The van der Waals surface area contributed by atoms with E-state index in [9.17, 15) is 9.59 Å². The van der Waals surface area contributed by atoms with Crippen LogP contribution in [0.3, 0.4) is 0 Å². The molecule has 1 amide bonds. The van der Waals surface area contributed by atoms with Crippen molar-refractivity contribution in [1.29, 1.82) is 0 Å². The second kappa shape index (κ2) is 6.52. The maximum absolute atomic E-state index is 12.6. The average molecular weight is 311 g/mol. The SMILES string of the molecule is CCOC(=O)COc1cccc2c1CN(c1ccccc1)C2=O. The van der Waals surface area contributed by atoms with Gasteiger partial charge in [0, 0.05) is 16.8 Å². The zero-order valence-electron chi connectivity index (χ0n) is 12.8. The van der Waals surface area contributed by atoms with E-state index in [2.05, 4.69) is 0 Å². The van der Waals surface area contributed by atoms with E-state index in [-0.39, 0.29) is 12.5 Å². The predicted octanol–water partition coefficient (Wildman–Crippen LogP) is 2.79. The number of carbonyl (C=O) groups is 2. The second-order valence-corrected chi connectivity index (χ2v) is 5.10. The molecule has 0 fully saturated rings. The molecule has 1 heterocycles. The van der Waals surface area contributed by atoms with Gasteiger partial charge in [0.25, 0.3) is 5.91 Å². The van der Waals surface area contributed by atoms with Gasteiger partial charge >= 0.3 is 5.97 Å². The topological polar surface area (TPSA) is 55.8 Å². The first-order valence-electron chi connectivity index (χ1n) is 7.48. The zero-order valence-corrected chi connectivity index (χ0v) is 12.8. The van der Waals surface area contributed by atoms with Crippen molar-refractivity contribution in [3.05, 3.63) is 59.7 Å². The van der Waals surface area contributed by atoms with Crippen LogP contribution in [0.4, 0.5) is 5.69 Å². The lowest BCUT2D eigenvalue weighted by atomic mass is 10.1. The molecule has 2 aromatic rings. The summed E-state index contributed by atoms with van der Waals surface area (Å²) in [6.45, 7) is 2.32. The van der Waals surface area contributed by atoms with Crippen LogP contribution in [0.25, 0.3) is 0 Å². The number of hydrogen-bond acceptors (Lipinski definition) is 4. The van der Waals surface area contributed by atoms with Gasteiger partial charge in [-0.3, -0.25) is 4.79 Å². The minimum atomic E-state index is -0.422. The van der Waals surface area contributed by atoms with Crippen LogP contribution in [0, 0.1) is 0 Å². The number of esters is 1. The van der Waals surface area contributed by atoms with Gasteiger partial charge in [-0.2, -0.15) is 0 Å². The fourth-order valence-corrected chi connectivity index (χ4v) is 2.60. The van der Waals surface area contributed by atoms with E-state index in [4.69, 9.17) is 9.47 Å². The lowest BCUT2D eigenvalue weighted by Crippen LogP contribution is -2.22. The van der Waals surface area contributed by atoms with Gasteiger partial charge in [-0.15, -0.1) is 0 Å². The van der Waals surface area contributed by atoms with Gasteiger partial charge in [0.2, 0.25) is 0 Å². The molecule has 0 aliphatic carbocycles. The average Bonchev–Trinajstić information content (AvgIpc) is 2.92. The number of para-hydroxylation sites is 1. The minimum absolute atomic E-state index is 0.0622. The Morgan fingerprint density at radius 2 is 1.91 bits per heavy atom. The summed E-state index contributed by atoms with van der Waals surface area (Å²) in [5, 5.41) is 0. The number of ether oxygens (including phenoxy) is 2. The van der Waals surface area contributed by atoms with Crippen molar-refractivity contribution >= 4 is 17.6 Å². The van der Waals surface area contributed by atoms with E-state index < -0.39 is 5.97 Å². The van der Waals surface area contributed by atoms with E-state index in [0.29, 0.717) is 24.5 Å². The Morgan fingerprint density at radius 1 is 1.13 bits per heavy atom. The summed E-state index contributed by atoms with van der Waals surface area (Å²) in [6.07, 6.45) is 0. The second-order valence-electron chi connectivity index (χ2n) is 5.10. The molecule has 0 unspecified atom stereocenters. The van der Waals surface area contributed by atoms with Crippen molar-refractivity contribution < 1.29 is 19.1 Å². The van der Waals surface area contributed by atoms with Gasteiger partial charge < -0.3 is 14.4 Å². The Balaban J connectivity index is 1.81. The smallest absolute Gasteiger partial charge is 0.344 e. The molecule has 1 aliphatic heterocycles. The molecule has 0 saturated heterocycles. The lowest BCUT2D eigenvalue weighted by Gasteiger charge is -2.15. The van der Waals surface area contributed by atoms with Gasteiger partial charge in [-0.1, -0.05) is 24.3 Å². The van der Waals surface area contributed by atoms with E-state index in [0.717, 1.165) is 11.3 Å². The molecule has 0 aromatic heterocycles. The molecule has 0 spiro atoms. The van der Waals surface area contributed by atoms with Crippen molar-refractivity contribution in [1.82, 2.24) is 0 Å². The third-order valence-corrected chi connectivity index (χ3v) is 3.64. The predicted molar refractivity (Wildman–Crippen MR) is 85.5 cm³/mol. The van der Waals surface area contributed by atoms with Gasteiger partial charge in [-0.05, 0) is 31.2 Å². The van der Waals surface area contributed by atoms with Crippen LogP contribution < -0.4 is 9.64 Å². The number of benzene rings is 2. The van der Waals surface area contributed by atoms with Gasteiger partial charge in [0.1, 0.15) is 5.75 Å². The molecule has 0 bridgehead atoms. The monoisotopic (exact) mass is 311 g/mol. The Kier molecular flexibility index (Phi) is 4.28. The first-order chi connectivity index (χ1) is 11.2. The first kappa shape index (κ1) is 15.1. The number of rotatable bonds is 5. The Bertz CT molecular complexity index is 727. The molecule has 5 heteroatoms. The van der Waals surface area contributed by atoms with E-state index in [1.807, 2.05) is 30.3 Å². The first-order valence-corrected chi connectivity index (χ1v) is 7.48. The fourth-order valence-electron chi connectivity index (χ4n) is 2.60. The molecule has 3 rings (SSSR count). The summed E-state index contributed by atoms with van der Waals surface area (Å²) in [7, 11) is 0. The third kappa shape index (κ3) is 3.04. The van der Waals surface area contributed by atoms with Gasteiger partial charge in [-0.25, -0.2) is 4.79 Å². The number of nitrogens with zero attached hydrogens (tertiary/aromatic N) is 1. The van der Waals surface area contributed by atoms with Crippen molar-refractivity contribution in [2.24, 2.45) is 0 Å². The standard InChI is InChI=1S/C18H17NO4/c1-2-22-17(20)12-23-16-10-6-9-14-15(16)11-19(18(14)21)13-7-4-3-5-8-13/h3-10H,2,11-12H2,1H3. The molecule has 0 N–H and O–H groups in total. The quantitative estimate of drug-likeness (QED) is 0.797. The summed E-state index contributed by atoms with van der Waals surface area (Å²) < 4.78 is 10.4. The Morgan fingerprint density at radius 3 is 2.65 bits per heavy atom. The highest BCUT2D eigenvalue weighted by molar-refractivity contribution is 6.10. The third-order valence-electron chi connectivity index (χ3n) is 3.64. The van der Waals surface area contributed by atoms with E-state index in [1.54, 1.807) is 30.0 Å². The fraction of sp³-hybridized carbons (Fsp3) is 0.222. The summed E-state index contributed by atoms with van der Waals surface area (Å²) in [5.41, 5.74) is 2.24. The van der Waals surface area contributed by atoms with E-state index in [1.165, 1.54) is 0 Å². The van der Waals surface area contributed by atoms with Crippen molar-refractivity contribution in [2.45, 2.75) is 13.5 Å². The number of fused-ring (bicyclic) bond motifs is 1. The van der Waals surface area contributed by atoms with Crippen molar-refractivity contribution in [3.63, 3.8) is 0 Å². The number of anilines is 1. The molecule has 0 saturated carbocycles. The van der Waals surface area contributed by atoms with Crippen LogP contribution in [-0.4, -0.2) is 25.1 Å². The summed E-state index contributed by atoms with van der Waals surface area (Å²) in [4.78, 5) is 25.7. The lowest BCUT2D eigenvalue weighted by molar-refractivity contribution is -0.145. The van der Waals surface area contributed by atoms with Crippen LogP contribution in [0.1, 0.15) is 22.8 Å². The number of carbonyl (C=O) groups excluding carboxylic acids is 2. The highest BCUT2D eigenvalue weighted by Crippen LogP contribution is 2.33. The number of hydrogen-bond donors (Lipinski definition) is 0. The molecule has 118 valence electrons. The van der Waals surface area contributed by atoms with Gasteiger partial charge in [0.05, 0.1) is 13.2 Å². The summed E-state index contributed by atoms with van der Waals surface area (Å²) in [5.74, 6) is 0.0597. The Hall–Kier alpha value is -2.82. The van der Waals surface area contributed by atoms with Crippen molar-refractivity contribution in [2.75, 3.05) is 18.1 Å². The maximum Gasteiger partial charge on any atom is 0.344 e. The minimum Gasteiger partial charge on any atom is -0.482 e. The van der Waals surface area contributed by atoms with Crippen LogP contribution >= 0.6 is 0 Å². The molecule has 23 heavy (non-hydrogen) atoms. The largest absolute Gasteiger partial charge is 0.482 e.